The lowest BCUT2D eigenvalue weighted by Crippen LogP contribution is -2.52. The Morgan fingerprint density at radius 1 is 0.855 bits per heavy atom. The monoisotopic (exact) mass is 744 g/mol. The number of piperidine rings is 3. The number of carbonyl (C=O) groups excluding carboxylic acids is 4. The molecular weight excluding hydrogens is 697 g/mol. The van der Waals surface area contributed by atoms with Crippen LogP contribution in [0.5, 0.6) is 0 Å². The van der Waals surface area contributed by atoms with Crippen molar-refractivity contribution in [1.29, 1.82) is 0 Å². The molecule has 286 valence electrons. The first-order valence-corrected chi connectivity index (χ1v) is 19.8. The van der Waals surface area contributed by atoms with Crippen LogP contribution in [0.15, 0.2) is 60.8 Å². The van der Waals surface area contributed by atoms with Gasteiger partial charge in [-0.3, -0.25) is 29.4 Å². The second-order valence-corrected chi connectivity index (χ2v) is 15.7. The summed E-state index contributed by atoms with van der Waals surface area (Å²) in [5.74, 6) is -0.463. The number of rotatable bonds is 8. The number of nitrogens with zero attached hydrogens (tertiary/aromatic N) is 5. The number of H-pyrrole nitrogens is 1. The highest BCUT2D eigenvalue weighted by Gasteiger charge is 2.40. The molecule has 4 saturated heterocycles. The standard InChI is InChI=1S/C42H48N8O5/c1-47-17-3-6-36(47)34-22-27-24-43-38(23-33(27)44-34)45-40(52)26-7-9-28(10-8-26)48-18-13-29(14-19-48)55-30-15-20-49(21-16-30)35-5-2-4-31-32(35)25-50(42(31)54)37-11-12-39(51)46-41(37)53/h2,4-5,7-10,22-24,29-30,36-37,44H,3,6,11-21,25H2,1H3,(H,43,45,52)(H,46,51,53)/t36-,37?/m1/s1. The van der Waals surface area contributed by atoms with Crippen LogP contribution in [0.4, 0.5) is 17.2 Å². The zero-order valence-corrected chi connectivity index (χ0v) is 31.3. The summed E-state index contributed by atoms with van der Waals surface area (Å²) in [6, 6.07) is 17.5. The van der Waals surface area contributed by atoms with Crippen LogP contribution in [0.25, 0.3) is 10.9 Å². The van der Waals surface area contributed by atoms with Crippen LogP contribution in [0.1, 0.15) is 89.4 Å². The minimum atomic E-state index is -0.616. The van der Waals surface area contributed by atoms with Crippen LogP contribution in [0.3, 0.4) is 0 Å². The van der Waals surface area contributed by atoms with Crippen molar-refractivity contribution < 1.29 is 23.9 Å². The molecule has 13 heteroatoms. The van der Waals surface area contributed by atoms with Gasteiger partial charge in [0.2, 0.25) is 11.8 Å². The molecule has 2 atom stereocenters. The zero-order chi connectivity index (χ0) is 37.6. The number of pyridine rings is 1. The molecule has 2 aromatic carbocycles. The van der Waals surface area contributed by atoms with Gasteiger partial charge in [0.05, 0.1) is 17.7 Å². The Morgan fingerprint density at radius 3 is 2.31 bits per heavy atom. The minimum absolute atomic E-state index is 0.141. The molecule has 55 heavy (non-hydrogen) atoms. The van der Waals surface area contributed by atoms with Crippen molar-refractivity contribution in [3.8, 4) is 0 Å². The van der Waals surface area contributed by atoms with Crippen molar-refractivity contribution in [2.24, 2.45) is 0 Å². The lowest BCUT2D eigenvalue weighted by Gasteiger charge is -2.39. The van der Waals surface area contributed by atoms with E-state index in [0.717, 1.165) is 92.7 Å². The summed E-state index contributed by atoms with van der Waals surface area (Å²) in [6.45, 7) is 4.94. The number of fused-ring (bicyclic) bond motifs is 2. The summed E-state index contributed by atoms with van der Waals surface area (Å²) in [7, 11) is 2.16. The molecule has 2 aromatic heterocycles. The number of imide groups is 1. The van der Waals surface area contributed by atoms with Gasteiger partial charge in [0.15, 0.2) is 0 Å². The van der Waals surface area contributed by atoms with Gasteiger partial charge >= 0.3 is 0 Å². The number of nitrogens with one attached hydrogen (secondary N) is 3. The summed E-state index contributed by atoms with van der Waals surface area (Å²) < 4.78 is 6.64. The van der Waals surface area contributed by atoms with E-state index in [2.05, 4.69) is 54.5 Å². The molecule has 0 aliphatic carbocycles. The number of aromatic amines is 1. The molecule has 5 aliphatic heterocycles. The molecule has 4 fully saturated rings. The lowest BCUT2D eigenvalue weighted by atomic mass is 10.0. The molecule has 7 heterocycles. The number of aromatic nitrogens is 2. The van der Waals surface area contributed by atoms with Crippen LogP contribution in [-0.4, -0.2) is 101 Å². The topological polar surface area (TPSA) is 143 Å². The van der Waals surface area contributed by atoms with E-state index in [9.17, 15) is 19.2 Å². The minimum Gasteiger partial charge on any atom is -0.375 e. The first-order chi connectivity index (χ1) is 26.8. The van der Waals surface area contributed by atoms with Crippen molar-refractivity contribution in [1.82, 2.24) is 25.1 Å². The number of benzene rings is 2. The summed E-state index contributed by atoms with van der Waals surface area (Å²) in [5.41, 5.74) is 6.52. The lowest BCUT2D eigenvalue weighted by molar-refractivity contribution is -0.136. The van der Waals surface area contributed by atoms with E-state index in [0.29, 0.717) is 36.0 Å². The summed E-state index contributed by atoms with van der Waals surface area (Å²) in [6.07, 6.45) is 8.86. The zero-order valence-electron chi connectivity index (χ0n) is 31.3. The number of likely N-dealkylation sites (tertiary alicyclic amines) is 1. The van der Waals surface area contributed by atoms with Crippen LogP contribution in [0, 0.1) is 0 Å². The number of amides is 4. The predicted octanol–water partition coefficient (Wildman–Crippen LogP) is 5.00. The Labute approximate surface area is 320 Å². The molecule has 5 aliphatic rings. The van der Waals surface area contributed by atoms with E-state index < -0.39 is 6.04 Å². The van der Waals surface area contributed by atoms with E-state index in [4.69, 9.17) is 4.74 Å². The molecular formula is C42H48N8O5. The van der Waals surface area contributed by atoms with E-state index in [1.165, 1.54) is 12.1 Å². The Balaban J connectivity index is 0.741. The Kier molecular flexibility index (Phi) is 9.51. The van der Waals surface area contributed by atoms with Gasteiger partial charge in [-0.1, -0.05) is 6.07 Å². The maximum atomic E-state index is 13.3. The number of anilines is 3. The molecule has 9 rings (SSSR count). The molecule has 4 aromatic rings. The first-order valence-electron chi connectivity index (χ1n) is 19.8. The molecule has 0 bridgehead atoms. The van der Waals surface area contributed by atoms with Gasteiger partial charge in [-0.25, -0.2) is 4.98 Å². The van der Waals surface area contributed by atoms with Crippen molar-refractivity contribution in [2.45, 2.75) is 82.2 Å². The molecule has 0 radical (unpaired) electrons. The van der Waals surface area contributed by atoms with Crippen LogP contribution >= 0.6 is 0 Å². The van der Waals surface area contributed by atoms with Crippen molar-refractivity contribution in [3.63, 3.8) is 0 Å². The fourth-order valence-corrected chi connectivity index (χ4v) is 9.23. The number of hydrogen-bond donors (Lipinski definition) is 3. The molecule has 13 nitrogen and oxygen atoms in total. The molecule has 0 saturated carbocycles. The molecule has 4 amide bonds. The van der Waals surface area contributed by atoms with Gasteiger partial charge < -0.3 is 29.7 Å². The number of carbonyl (C=O) groups is 4. The Bertz CT molecular complexity index is 2120. The SMILES string of the molecule is CN1CCC[C@@H]1c1cc2cnc(NC(=O)c3ccc(N4CCC(OC5CCN(c6cccc7c6CN(C6CCC(=O)NC6=O)C7=O)CC5)CC4)cc3)cc2[nH]1. The second-order valence-electron chi connectivity index (χ2n) is 15.7. The van der Waals surface area contributed by atoms with Gasteiger partial charge in [-0.05, 0) is 101 Å². The summed E-state index contributed by atoms with van der Waals surface area (Å²) >= 11 is 0. The average molecular weight is 745 g/mol. The smallest absolute Gasteiger partial charge is 0.256 e. The van der Waals surface area contributed by atoms with Crippen molar-refractivity contribution >= 4 is 51.7 Å². The van der Waals surface area contributed by atoms with Gasteiger partial charge in [0.1, 0.15) is 11.9 Å². The van der Waals surface area contributed by atoms with Crippen LogP contribution in [0.2, 0.25) is 0 Å². The largest absolute Gasteiger partial charge is 0.375 e. The molecule has 1 unspecified atom stereocenters. The third-order valence-corrected chi connectivity index (χ3v) is 12.3. The quantitative estimate of drug-likeness (QED) is 0.213. The Hall–Kier alpha value is -5.27. The normalized spacial score (nSPS) is 22.8. The van der Waals surface area contributed by atoms with Gasteiger partial charge in [-0.2, -0.15) is 0 Å². The third kappa shape index (κ3) is 7.06. The van der Waals surface area contributed by atoms with Crippen LogP contribution < -0.4 is 20.4 Å². The van der Waals surface area contributed by atoms with E-state index >= 15 is 0 Å². The number of ether oxygens (including phenoxy) is 1. The second kappa shape index (κ2) is 14.8. The maximum absolute atomic E-state index is 13.3. The van der Waals surface area contributed by atoms with Crippen molar-refractivity contribution in [3.05, 3.63) is 83.2 Å². The third-order valence-electron chi connectivity index (χ3n) is 12.3. The number of hydrogen-bond acceptors (Lipinski definition) is 9. The maximum Gasteiger partial charge on any atom is 0.256 e. The van der Waals surface area contributed by atoms with Crippen molar-refractivity contribution in [2.75, 3.05) is 54.9 Å². The molecule has 3 N–H and O–H groups in total. The highest BCUT2D eigenvalue weighted by atomic mass is 16.5. The molecule has 0 spiro atoms. The van der Waals surface area contributed by atoms with Crippen LogP contribution in [-0.2, 0) is 20.9 Å². The van der Waals surface area contributed by atoms with Gasteiger partial charge in [0, 0.05) is 96.6 Å². The summed E-state index contributed by atoms with van der Waals surface area (Å²) in [5, 5.41) is 6.41. The van der Waals surface area contributed by atoms with E-state index in [-0.39, 0.29) is 42.3 Å². The summed E-state index contributed by atoms with van der Waals surface area (Å²) in [4.78, 5) is 67.4. The Morgan fingerprint density at radius 2 is 1.60 bits per heavy atom. The highest BCUT2D eigenvalue weighted by Crippen LogP contribution is 2.36. The van der Waals surface area contributed by atoms with E-state index in [1.807, 2.05) is 48.7 Å². The average Bonchev–Trinajstić information content (AvgIpc) is 3.92. The fourth-order valence-electron chi connectivity index (χ4n) is 9.23. The predicted molar refractivity (Wildman–Crippen MR) is 209 cm³/mol. The fraction of sp³-hybridized carbons (Fsp3) is 0.452. The van der Waals surface area contributed by atoms with E-state index in [1.54, 1.807) is 4.90 Å². The first kappa shape index (κ1) is 35.4. The van der Waals surface area contributed by atoms with Gasteiger partial charge in [0.25, 0.3) is 11.8 Å². The van der Waals surface area contributed by atoms with Gasteiger partial charge in [-0.15, -0.1) is 0 Å². The highest BCUT2D eigenvalue weighted by molar-refractivity contribution is 6.06.